The molecule has 0 aromatic rings. The van der Waals surface area contributed by atoms with E-state index in [1.54, 1.807) is 0 Å². The Bertz CT molecular complexity index is 97.9. The first kappa shape index (κ1) is 7.90. The monoisotopic (exact) mass is 184 g/mol. The van der Waals surface area contributed by atoms with Gasteiger partial charge in [0.2, 0.25) is 0 Å². The zero-order valence-electron chi connectivity index (χ0n) is 3.95. The first-order valence-electron chi connectivity index (χ1n) is 1.63. The summed E-state index contributed by atoms with van der Waals surface area (Å²) in [7, 11) is 0. The van der Waals surface area contributed by atoms with Crippen molar-refractivity contribution in [1.29, 1.82) is 0 Å². The average Bonchev–Trinajstić information content (AvgIpc) is 1.62. The van der Waals surface area contributed by atoms with E-state index in [9.17, 15) is 18.0 Å². The van der Waals surface area contributed by atoms with Gasteiger partial charge in [0.1, 0.15) is 0 Å². The molecule has 6 heteroatoms. The van der Waals surface area contributed by atoms with Gasteiger partial charge in [-0.15, -0.1) is 0 Å². The third-order valence-corrected chi connectivity index (χ3v) is 1.19. The van der Waals surface area contributed by atoms with E-state index in [4.69, 9.17) is 0 Å². The van der Waals surface area contributed by atoms with E-state index >= 15 is 0 Å². The zero-order valence-corrected chi connectivity index (χ0v) is 8.15. The second-order valence-electron chi connectivity index (χ2n) is 0.989. The summed E-state index contributed by atoms with van der Waals surface area (Å²) < 4.78 is 36.6. The van der Waals surface area contributed by atoms with Crippen LogP contribution in [0.2, 0.25) is 0 Å². The molecule has 0 heterocycles. The van der Waals surface area contributed by atoms with Crippen LogP contribution in [-0.2, 0) is 8.32 Å². The standard InChI is InChI=1S/C2HF3O2.Ga.2H/c3-2(4,5)1(6)7;;;/h(H,6,7);;;/q;+1;;/p-1. The number of carbonyl (C=O) groups is 1. The molecule has 8 heavy (non-hydrogen) atoms. The molecule has 0 N–H and O–H groups in total. The fourth-order valence-electron chi connectivity index (χ4n) is 0.116. The van der Waals surface area contributed by atoms with Gasteiger partial charge in [-0.25, -0.2) is 0 Å². The molecule has 0 saturated heterocycles. The van der Waals surface area contributed by atoms with Crippen LogP contribution >= 0.6 is 0 Å². The van der Waals surface area contributed by atoms with E-state index in [1.165, 1.54) is 0 Å². The van der Waals surface area contributed by atoms with Crippen LogP contribution < -0.4 is 0 Å². The number of alkyl halides is 3. The van der Waals surface area contributed by atoms with Crippen molar-refractivity contribution in [1.82, 2.24) is 0 Å². The molecule has 0 aliphatic carbocycles. The van der Waals surface area contributed by atoms with Crippen molar-refractivity contribution in [3.63, 3.8) is 0 Å². The molecule has 0 unspecified atom stereocenters. The molecule has 0 radical (unpaired) electrons. The van der Waals surface area contributed by atoms with Crippen molar-refractivity contribution in [3.8, 4) is 0 Å². The molecule has 46 valence electrons. The van der Waals surface area contributed by atoms with E-state index in [1.807, 2.05) is 0 Å². The van der Waals surface area contributed by atoms with E-state index in [0.29, 0.717) is 0 Å². The van der Waals surface area contributed by atoms with Gasteiger partial charge in [-0.05, 0) is 0 Å². The topological polar surface area (TPSA) is 26.3 Å². The minimum atomic E-state index is -4.81. The summed E-state index contributed by atoms with van der Waals surface area (Å²) in [6.07, 6.45) is -4.81. The van der Waals surface area contributed by atoms with Gasteiger partial charge in [-0.2, -0.15) is 0 Å². The van der Waals surface area contributed by atoms with Gasteiger partial charge < -0.3 is 0 Å². The number of hydrogen-bond acceptors (Lipinski definition) is 2. The number of hydrogen-bond donors (Lipinski definition) is 0. The molecule has 0 atom stereocenters. The van der Waals surface area contributed by atoms with Crippen LogP contribution in [0.3, 0.4) is 0 Å². The van der Waals surface area contributed by atoms with Crippen LogP contribution in [0.4, 0.5) is 13.2 Å². The Morgan fingerprint density at radius 3 is 1.88 bits per heavy atom. The Morgan fingerprint density at radius 2 is 1.88 bits per heavy atom. The quantitative estimate of drug-likeness (QED) is 0.481. The molecule has 0 saturated carbocycles. The Morgan fingerprint density at radius 1 is 1.50 bits per heavy atom. The molecule has 0 aromatic carbocycles. The summed E-state index contributed by atoms with van der Waals surface area (Å²) >= 11 is -0.528. The van der Waals surface area contributed by atoms with Crippen molar-refractivity contribution in [3.05, 3.63) is 0 Å². The molecular weight excluding hydrogens is 183 g/mol. The average molecular weight is 185 g/mol. The molecule has 0 aromatic heterocycles. The Balaban J connectivity index is 3.82. The van der Waals surface area contributed by atoms with Crippen LogP contribution in [0.15, 0.2) is 0 Å². The normalized spacial score (nSPS) is 10.9. The third kappa shape index (κ3) is 2.27. The van der Waals surface area contributed by atoms with Crippen LogP contribution in [-0.4, -0.2) is 31.1 Å². The predicted molar refractivity (Wildman–Crippen MR) is 20.7 cm³/mol. The van der Waals surface area contributed by atoms with Crippen LogP contribution in [0, 0.1) is 0 Å². The second-order valence-corrected chi connectivity index (χ2v) is 1.85. The van der Waals surface area contributed by atoms with Crippen molar-refractivity contribution in [2.75, 3.05) is 0 Å². The summed E-state index contributed by atoms with van der Waals surface area (Å²) in [4.78, 5) is 9.53. The van der Waals surface area contributed by atoms with Crippen molar-refractivity contribution >= 4 is 24.9 Å². The van der Waals surface area contributed by atoms with Gasteiger partial charge >= 0.3 is 52.6 Å². The SMILES string of the molecule is O=C([O][GaH2])C(F)(F)F. The summed E-state index contributed by atoms with van der Waals surface area (Å²) in [5.74, 6) is -2.09. The second kappa shape index (κ2) is 2.45. The molecule has 0 bridgehead atoms. The van der Waals surface area contributed by atoms with Crippen molar-refractivity contribution in [2.24, 2.45) is 0 Å². The van der Waals surface area contributed by atoms with E-state index < -0.39 is 31.1 Å². The number of carbonyl (C=O) groups excluding carboxylic acids is 1. The van der Waals surface area contributed by atoms with Crippen molar-refractivity contribution in [2.45, 2.75) is 6.18 Å². The first-order valence-corrected chi connectivity index (χ1v) is 3.35. The Labute approximate surface area is 53.3 Å². The summed E-state index contributed by atoms with van der Waals surface area (Å²) in [6, 6.07) is 0. The summed E-state index contributed by atoms with van der Waals surface area (Å²) in [6.45, 7) is 0. The molecule has 0 spiro atoms. The maximum absolute atomic E-state index is 11.0. The molecule has 0 aliphatic heterocycles. The van der Waals surface area contributed by atoms with Gasteiger partial charge in [0.05, 0.1) is 0 Å². The van der Waals surface area contributed by atoms with E-state index in [0.717, 1.165) is 0 Å². The van der Waals surface area contributed by atoms with Gasteiger partial charge in [-0.3, -0.25) is 0 Å². The minimum absolute atomic E-state index is 0.528. The van der Waals surface area contributed by atoms with Crippen molar-refractivity contribution < 1.29 is 21.5 Å². The first-order chi connectivity index (χ1) is 3.48. The zero-order chi connectivity index (χ0) is 6.78. The summed E-state index contributed by atoms with van der Waals surface area (Å²) in [5, 5.41) is 0. The Kier molecular flexibility index (Phi) is 2.42. The van der Waals surface area contributed by atoms with Crippen LogP contribution in [0.25, 0.3) is 0 Å². The Hall–Kier alpha value is -0.104. The van der Waals surface area contributed by atoms with Crippen LogP contribution in [0.1, 0.15) is 0 Å². The van der Waals surface area contributed by atoms with E-state index in [2.05, 4.69) is 3.53 Å². The fourth-order valence-corrected chi connectivity index (χ4v) is 0.601. The third-order valence-electron chi connectivity index (χ3n) is 0.417. The van der Waals surface area contributed by atoms with Crippen LogP contribution in [0.5, 0.6) is 0 Å². The number of halogens is 3. The van der Waals surface area contributed by atoms with E-state index in [-0.39, 0.29) is 0 Å². The van der Waals surface area contributed by atoms with Gasteiger partial charge in [0, 0.05) is 0 Å². The van der Waals surface area contributed by atoms with Gasteiger partial charge in [0.25, 0.3) is 0 Å². The summed E-state index contributed by atoms with van der Waals surface area (Å²) in [5.41, 5.74) is 0. The predicted octanol–water partition coefficient (Wildman–Crippen LogP) is -0.360. The maximum atomic E-state index is 11.0. The molecule has 0 amide bonds. The fraction of sp³-hybridized carbons (Fsp3) is 0.500. The molecule has 0 fully saturated rings. The van der Waals surface area contributed by atoms with Gasteiger partial charge in [-0.1, -0.05) is 0 Å². The molecule has 0 aliphatic rings. The van der Waals surface area contributed by atoms with Gasteiger partial charge in [0.15, 0.2) is 0 Å². The molecule has 2 nitrogen and oxygen atoms in total. The number of rotatable bonds is 0. The molecule has 0 rings (SSSR count). The molecular formula is C2H2F3GaO2.